The zero-order valence-electron chi connectivity index (χ0n) is 9.67. The Hall–Kier alpha value is -1.20. The largest absolute Gasteiger partial charge is 0.437 e. The van der Waals surface area contributed by atoms with Gasteiger partial charge >= 0.3 is 0 Å². The summed E-state index contributed by atoms with van der Waals surface area (Å²) in [5.41, 5.74) is 0.610. The summed E-state index contributed by atoms with van der Waals surface area (Å²) in [4.78, 5) is 8.14. The van der Waals surface area contributed by atoms with E-state index in [-0.39, 0.29) is 5.82 Å². The summed E-state index contributed by atoms with van der Waals surface area (Å²) in [7, 11) is 0. The fourth-order valence-corrected chi connectivity index (χ4v) is 1.86. The van der Waals surface area contributed by atoms with Gasteiger partial charge in [0.25, 0.3) is 0 Å². The second-order valence-corrected chi connectivity index (χ2v) is 4.88. The van der Waals surface area contributed by atoms with Crippen LogP contribution in [-0.4, -0.2) is 9.97 Å². The van der Waals surface area contributed by atoms with Gasteiger partial charge in [-0.05, 0) is 41.9 Å². The van der Waals surface area contributed by atoms with Crippen LogP contribution in [0.15, 0.2) is 22.7 Å². The quantitative estimate of drug-likeness (QED) is 0.763. The Kier molecular flexibility index (Phi) is 3.82. The first kappa shape index (κ1) is 13.2. The Morgan fingerprint density at radius 1 is 1.28 bits per heavy atom. The van der Waals surface area contributed by atoms with Crippen LogP contribution in [0.3, 0.4) is 0 Å². The maximum absolute atomic E-state index is 13.1. The highest BCUT2D eigenvalue weighted by molar-refractivity contribution is 9.10. The second kappa shape index (κ2) is 5.20. The van der Waals surface area contributed by atoms with Crippen molar-refractivity contribution in [3.05, 3.63) is 45.0 Å². The van der Waals surface area contributed by atoms with E-state index in [1.54, 1.807) is 19.9 Å². The number of hydrogen-bond acceptors (Lipinski definition) is 3. The summed E-state index contributed by atoms with van der Waals surface area (Å²) in [6, 6.07) is 4.17. The van der Waals surface area contributed by atoms with Crippen LogP contribution in [0, 0.1) is 19.7 Å². The Bertz CT molecular complexity index is 607. The van der Waals surface area contributed by atoms with Crippen molar-refractivity contribution in [2.75, 3.05) is 0 Å². The molecule has 1 heterocycles. The third kappa shape index (κ3) is 2.79. The molecule has 0 aliphatic carbocycles. The van der Waals surface area contributed by atoms with E-state index in [2.05, 4.69) is 25.9 Å². The maximum atomic E-state index is 13.1. The number of ether oxygens (including phenoxy) is 1. The molecule has 2 aromatic rings. The number of nitrogens with zero attached hydrogens (tertiary/aromatic N) is 2. The van der Waals surface area contributed by atoms with Crippen LogP contribution in [0.25, 0.3) is 0 Å². The van der Waals surface area contributed by atoms with Gasteiger partial charge in [0, 0.05) is 11.6 Å². The first-order valence-corrected chi connectivity index (χ1v) is 6.28. The molecule has 94 valence electrons. The van der Waals surface area contributed by atoms with Crippen molar-refractivity contribution in [3.8, 4) is 11.6 Å². The van der Waals surface area contributed by atoms with Gasteiger partial charge in [0.15, 0.2) is 0 Å². The van der Waals surface area contributed by atoms with Gasteiger partial charge in [-0.2, -0.15) is 4.98 Å². The van der Waals surface area contributed by atoms with Gasteiger partial charge in [-0.3, -0.25) is 0 Å². The highest BCUT2D eigenvalue weighted by atomic mass is 79.9. The predicted octanol–water partition coefficient (Wildman–Crippen LogP) is 4.44. The van der Waals surface area contributed by atoms with Crippen LogP contribution < -0.4 is 4.74 Å². The highest BCUT2D eigenvalue weighted by Crippen LogP contribution is 2.32. The molecule has 0 saturated heterocycles. The molecule has 0 atom stereocenters. The fourth-order valence-electron chi connectivity index (χ4n) is 1.33. The highest BCUT2D eigenvalue weighted by Gasteiger charge is 2.12. The summed E-state index contributed by atoms with van der Waals surface area (Å²) >= 11 is 9.22. The minimum atomic E-state index is -0.386. The molecule has 0 aliphatic rings. The van der Waals surface area contributed by atoms with E-state index in [4.69, 9.17) is 16.3 Å². The van der Waals surface area contributed by atoms with Crippen molar-refractivity contribution < 1.29 is 9.13 Å². The average Bonchev–Trinajstić information content (AvgIpc) is 2.30. The fraction of sp³-hybridized carbons (Fsp3) is 0.167. The van der Waals surface area contributed by atoms with Crippen molar-refractivity contribution in [2.45, 2.75) is 13.8 Å². The van der Waals surface area contributed by atoms with Crippen LogP contribution in [-0.2, 0) is 0 Å². The number of benzene rings is 1. The van der Waals surface area contributed by atoms with Crippen molar-refractivity contribution in [1.29, 1.82) is 0 Å². The van der Waals surface area contributed by atoms with Crippen LogP contribution in [0.1, 0.15) is 11.4 Å². The number of hydrogen-bond donors (Lipinski definition) is 0. The molecule has 6 heteroatoms. The molecule has 0 radical (unpaired) electrons. The molecule has 1 aromatic heterocycles. The zero-order valence-corrected chi connectivity index (χ0v) is 12.0. The summed E-state index contributed by atoms with van der Waals surface area (Å²) in [6.45, 7) is 3.45. The molecule has 0 amide bonds. The molecule has 1 aromatic carbocycles. The molecule has 18 heavy (non-hydrogen) atoms. The van der Waals surface area contributed by atoms with Crippen molar-refractivity contribution in [3.63, 3.8) is 0 Å². The smallest absolute Gasteiger partial charge is 0.227 e. The molecular weight excluding hydrogens is 322 g/mol. The van der Waals surface area contributed by atoms with Crippen molar-refractivity contribution in [1.82, 2.24) is 9.97 Å². The molecule has 0 spiro atoms. The van der Waals surface area contributed by atoms with E-state index < -0.39 is 0 Å². The third-order valence-corrected chi connectivity index (χ3v) is 3.28. The van der Waals surface area contributed by atoms with E-state index in [9.17, 15) is 4.39 Å². The second-order valence-electron chi connectivity index (χ2n) is 3.67. The van der Waals surface area contributed by atoms with E-state index in [0.717, 1.165) is 0 Å². The SMILES string of the molecule is Cc1nc(Cl)c(C)c(Oc2cc(F)ccc2Br)n1. The van der Waals surface area contributed by atoms with Crippen LogP contribution in [0.2, 0.25) is 5.15 Å². The Balaban J connectivity index is 2.43. The molecule has 0 N–H and O–H groups in total. The molecule has 0 fully saturated rings. The molecule has 0 unspecified atom stereocenters. The topological polar surface area (TPSA) is 35.0 Å². The Morgan fingerprint density at radius 2 is 2.00 bits per heavy atom. The lowest BCUT2D eigenvalue weighted by atomic mass is 10.3. The molecule has 0 bridgehead atoms. The molecule has 2 rings (SSSR count). The lowest BCUT2D eigenvalue weighted by Gasteiger charge is -2.10. The minimum Gasteiger partial charge on any atom is -0.437 e. The summed E-state index contributed by atoms with van der Waals surface area (Å²) in [6.07, 6.45) is 0. The van der Waals surface area contributed by atoms with E-state index in [1.807, 2.05) is 0 Å². The average molecular weight is 332 g/mol. The van der Waals surface area contributed by atoms with Gasteiger partial charge in [-0.25, -0.2) is 9.37 Å². The number of aryl methyl sites for hydroxylation is 1. The number of rotatable bonds is 2. The Labute approximate surface area is 117 Å². The lowest BCUT2D eigenvalue weighted by molar-refractivity contribution is 0.448. The summed E-state index contributed by atoms with van der Waals surface area (Å²) < 4.78 is 19.3. The first-order valence-electron chi connectivity index (χ1n) is 5.11. The normalized spacial score (nSPS) is 10.5. The lowest BCUT2D eigenvalue weighted by Crippen LogP contribution is -1.98. The zero-order chi connectivity index (χ0) is 13.3. The van der Waals surface area contributed by atoms with Gasteiger partial charge in [-0.15, -0.1) is 0 Å². The van der Waals surface area contributed by atoms with Gasteiger partial charge in [-0.1, -0.05) is 11.6 Å². The first-order chi connectivity index (χ1) is 8.47. The Morgan fingerprint density at radius 3 is 2.72 bits per heavy atom. The third-order valence-electron chi connectivity index (χ3n) is 2.25. The molecule has 0 saturated carbocycles. The number of halogens is 3. The van der Waals surface area contributed by atoms with Crippen molar-refractivity contribution in [2.24, 2.45) is 0 Å². The van der Waals surface area contributed by atoms with E-state index in [1.165, 1.54) is 12.1 Å². The van der Waals surface area contributed by atoms with Gasteiger partial charge in [0.1, 0.15) is 22.5 Å². The van der Waals surface area contributed by atoms with Crippen LogP contribution >= 0.6 is 27.5 Å². The van der Waals surface area contributed by atoms with Gasteiger partial charge in [0.05, 0.1) is 4.47 Å². The standard InChI is InChI=1S/C12H9BrClFN2O/c1-6-11(14)16-7(2)17-12(6)18-10-5-8(15)3-4-9(10)13/h3-5H,1-2H3. The molecular formula is C12H9BrClFN2O. The molecule has 3 nitrogen and oxygen atoms in total. The predicted molar refractivity (Wildman–Crippen MR) is 70.7 cm³/mol. The van der Waals surface area contributed by atoms with Crippen LogP contribution in [0.4, 0.5) is 4.39 Å². The van der Waals surface area contributed by atoms with E-state index in [0.29, 0.717) is 32.6 Å². The molecule has 0 aliphatic heterocycles. The number of aromatic nitrogens is 2. The monoisotopic (exact) mass is 330 g/mol. The van der Waals surface area contributed by atoms with Crippen molar-refractivity contribution >= 4 is 27.5 Å². The van der Waals surface area contributed by atoms with Gasteiger partial charge in [0.2, 0.25) is 5.88 Å². The summed E-state index contributed by atoms with van der Waals surface area (Å²) in [5, 5.41) is 0.324. The maximum Gasteiger partial charge on any atom is 0.227 e. The van der Waals surface area contributed by atoms with Gasteiger partial charge < -0.3 is 4.74 Å². The minimum absolute atomic E-state index is 0.318. The van der Waals surface area contributed by atoms with Crippen LogP contribution in [0.5, 0.6) is 11.6 Å². The summed E-state index contributed by atoms with van der Waals surface area (Å²) in [5.74, 6) is 0.766. The van der Waals surface area contributed by atoms with E-state index >= 15 is 0 Å².